The third-order valence-electron chi connectivity index (χ3n) is 4.36. The lowest BCUT2D eigenvalue weighted by Gasteiger charge is -2.41. The van der Waals surface area contributed by atoms with E-state index in [0.29, 0.717) is 13.2 Å². The molecule has 0 spiro atoms. The molecule has 1 aromatic rings. The molecule has 2 rings (SSSR count). The van der Waals surface area contributed by atoms with Crippen molar-refractivity contribution in [2.45, 2.75) is 39.8 Å². The number of ether oxygens (including phenoxy) is 3. The number of hydrogen-bond donors (Lipinski definition) is 1. The van der Waals surface area contributed by atoms with Crippen LogP contribution in [0.15, 0.2) is 18.2 Å². The van der Waals surface area contributed by atoms with Gasteiger partial charge in [-0.3, -0.25) is 4.90 Å². The highest BCUT2D eigenvalue weighted by Gasteiger charge is 2.27. The molecule has 5 heteroatoms. The summed E-state index contributed by atoms with van der Waals surface area (Å²) in [6.45, 7) is 15.3. The fourth-order valence-corrected chi connectivity index (χ4v) is 3.00. The summed E-state index contributed by atoms with van der Waals surface area (Å²) in [5, 5.41) is 3.58. The maximum absolute atomic E-state index is 5.70. The predicted molar refractivity (Wildman–Crippen MR) is 97.0 cm³/mol. The molecule has 0 aliphatic carbocycles. The zero-order chi connectivity index (χ0) is 17.4. The first-order valence-electron chi connectivity index (χ1n) is 8.99. The highest BCUT2D eigenvalue weighted by atomic mass is 16.5. The molecule has 1 aliphatic heterocycles. The fourth-order valence-electron chi connectivity index (χ4n) is 3.00. The van der Waals surface area contributed by atoms with Gasteiger partial charge in [0.25, 0.3) is 0 Å². The second-order valence-corrected chi connectivity index (χ2v) is 6.66. The van der Waals surface area contributed by atoms with Gasteiger partial charge in [-0.2, -0.15) is 0 Å². The van der Waals surface area contributed by atoms with Crippen molar-refractivity contribution >= 4 is 0 Å². The van der Waals surface area contributed by atoms with Crippen LogP contribution in [0.3, 0.4) is 0 Å². The SMILES string of the molecule is CCOc1ccc(CNCC(C)(C)N2CCOCC2)cc1OCC. The lowest BCUT2D eigenvalue weighted by Crippen LogP contribution is -2.54. The van der Waals surface area contributed by atoms with Crippen molar-refractivity contribution in [1.29, 1.82) is 0 Å². The largest absolute Gasteiger partial charge is 0.490 e. The van der Waals surface area contributed by atoms with Crippen molar-refractivity contribution in [3.63, 3.8) is 0 Å². The lowest BCUT2D eigenvalue weighted by molar-refractivity contribution is -0.00967. The van der Waals surface area contributed by atoms with Gasteiger partial charge in [0.05, 0.1) is 26.4 Å². The van der Waals surface area contributed by atoms with E-state index in [-0.39, 0.29) is 5.54 Å². The summed E-state index contributed by atoms with van der Waals surface area (Å²) in [5.74, 6) is 1.64. The molecule has 0 amide bonds. The Balaban J connectivity index is 1.90. The number of morpholine rings is 1. The van der Waals surface area contributed by atoms with E-state index in [2.05, 4.69) is 36.2 Å². The van der Waals surface area contributed by atoms with Crippen LogP contribution >= 0.6 is 0 Å². The highest BCUT2D eigenvalue weighted by Crippen LogP contribution is 2.28. The molecule has 0 bridgehead atoms. The van der Waals surface area contributed by atoms with E-state index in [9.17, 15) is 0 Å². The molecule has 0 radical (unpaired) electrons. The molecule has 24 heavy (non-hydrogen) atoms. The average Bonchev–Trinajstić information content (AvgIpc) is 2.58. The van der Waals surface area contributed by atoms with Gasteiger partial charge < -0.3 is 19.5 Å². The maximum atomic E-state index is 5.70. The molecule has 1 saturated heterocycles. The minimum atomic E-state index is 0.123. The molecule has 1 aliphatic rings. The summed E-state index contributed by atoms with van der Waals surface area (Å²) < 4.78 is 16.8. The number of benzene rings is 1. The Hall–Kier alpha value is -1.30. The van der Waals surface area contributed by atoms with Crippen molar-refractivity contribution in [1.82, 2.24) is 10.2 Å². The lowest BCUT2D eigenvalue weighted by atomic mass is 10.0. The molecule has 5 nitrogen and oxygen atoms in total. The second kappa shape index (κ2) is 9.25. The van der Waals surface area contributed by atoms with Crippen LogP contribution in [0.1, 0.15) is 33.3 Å². The molecule has 0 saturated carbocycles. The normalized spacial score (nSPS) is 16.2. The first-order chi connectivity index (χ1) is 11.6. The quantitative estimate of drug-likeness (QED) is 0.751. The van der Waals surface area contributed by atoms with Gasteiger partial charge in [0.1, 0.15) is 0 Å². The zero-order valence-corrected chi connectivity index (χ0v) is 15.6. The van der Waals surface area contributed by atoms with E-state index in [1.54, 1.807) is 0 Å². The molecular weight excluding hydrogens is 304 g/mol. The zero-order valence-electron chi connectivity index (χ0n) is 15.6. The third kappa shape index (κ3) is 5.36. The Labute approximate surface area is 146 Å². The van der Waals surface area contributed by atoms with Crippen molar-refractivity contribution < 1.29 is 14.2 Å². The molecular formula is C19H32N2O3. The smallest absolute Gasteiger partial charge is 0.161 e. The predicted octanol–water partition coefficient (Wildman–Crippen LogP) is 2.68. The molecule has 1 heterocycles. The molecule has 0 unspecified atom stereocenters. The number of nitrogens with zero attached hydrogens (tertiary/aromatic N) is 1. The van der Waals surface area contributed by atoms with Gasteiger partial charge in [0, 0.05) is 31.7 Å². The minimum Gasteiger partial charge on any atom is -0.490 e. The van der Waals surface area contributed by atoms with E-state index in [1.807, 2.05) is 19.9 Å². The third-order valence-corrected chi connectivity index (χ3v) is 4.36. The van der Waals surface area contributed by atoms with Crippen molar-refractivity contribution in [2.24, 2.45) is 0 Å². The molecule has 0 aromatic heterocycles. The number of hydrogen-bond acceptors (Lipinski definition) is 5. The monoisotopic (exact) mass is 336 g/mol. The number of nitrogens with one attached hydrogen (secondary N) is 1. The molecule has 136 valence electrons. The molecule has 1 N–H and O–H groups in total. The van der Waals surface area contributed by atoms with Crippen LogP contribution in [0, 0.1) is 0 Å². The van der Waals surface area contributed by atoms with Crippen molar-refractivity contribution in [3.8, 4) is 11.5 Å². The summed E-state index contributed by atoms with van der Waals surface area (Å²) >= 11 is 0. The molecule has 1 fully saturated rings. The van der Waals surface area contributed by atoms with Crippen LogP contribution in [0.2, 0.25) is 0 Å². The summed E-state index contributed by atoms with van der Waals surface area (Å²) in [4.78, 5) is 2.49. The van der Waals surface area contributed by atoms with Crippen LogP contribution in [0.25, 0.3) is 0 Å². The second-order valence-electron chi connectivity index (χ2n) is 6.66. The Morgan fingerprint density at radius 3 is 2.42 bits per heavy atom. The van der Waals surface area contributed by atoms with Crippen LogP contribution in [0.4, 0.5) is 0 Å². The van der Waals surface area contributed by atoms with E-state index in [0.717, 1.165) is 50.9 Å². The summed E-state index contributed by atoms with van der Waals surface area (Å²) in [6, 6.07) is 6.17. The van der Waals surface area contributed by atoms with Crippen LogP contribution in [-0.2, 0) is 11.3 Å². The number of rotatable bonds is 9. The molecule has 1 aromatic carbocycles. The van der Waals surface area contributed by atoms with Crippen LogP contribution in [0.5, 0.6) is 11.5 Å². The Kier molecular flexibility index (Phi) is 7.34. The Morgan fingerprint density at radius 1 is 1.08 bits per heavy atom. The van der Waals surface area contributed by atoms with Gasteiger partial charge in [0.2, 0.25) is 0 Å². The van der Waals surface area contributed by atoms with E-state index in [1.165, 1.54) is 5.56 Å². The topological polar surface area (TPSA) is 43.0 Å². The van der Waals surface area contributed by atoms with Gasteiger partial charge in [-0.1, -0.05) is 6.07 Å². The summed E-state index contributed by atoms with van der Waals surface area (Å²) in [6.07, 6.45) is 0. The molecule has 0 atom stereocenters. The standard InChI is InChI=1S/C19H32N2O3/c1-5-23-17-8-7-16(13-18(17)24-6-2)14-20-15-19(3,4)21-9-11-22-12-10-21/h7-8,13,20H,5-6,9-12,14-15H2,1-4H3. The first kappa shape index (κ1) is 19.0. The average molecular weight is 336 g/mol. The van der Waals surface area contributed by atoms with Gasteiger partial charge in [-0.25, -0.2) is 0 Å². The summed E-state index contributed by atoms with van der Waals surface area (Å²) in [5.41, 5.74) is 1.33. The first-order valence-corrected chi connectivity index (χ1v) is 8.99. The van der Waals surface area contributed by atoms with Crippen molar-refractivity contribution in [3.05, 3.63) is 23.8 Å². The van der Waals surface area contributed by atoms with Crippen LogP contribution in [-0.4, -0.2) is 56.5 Å². The van der Waals surface area contributed by atoms with Gasteiger partial charge >= 0.3 is 0 Å². The van der Waals surface area contributed by atoms with Gasteiger partial charge in [0.15, 0.2) is 11.5 Å². The maximum Gasteiger partial charge on any atom is 0.161 e. The van der Waals surface area contributed by atoms with Gasteiger partial charge in [-0.15, -0.1) is 0 Å². The Morgan fingerprint density at radius 2 is 1.75 bits per heavy atom. The summed E-state index contributed by atoms with van der Waals surface area (Å²) in [7, 11) is 0. The Bertz CT molecular complexity index is 499. The van der Waals surface area contributed by atoms with Gasteiger partial charge in [-0.05, 0) is 45.4 Å². The fraction of sp³-hybridized carbons (Fsp3) is 0.684. The van der Waals surface area contributed by atoms with Crippen LogP contribution < -0.4 is 14.8 Å². The highest BCUT2D eigenvalue weighted by molar-refractivity contribution is 5.43. The van der Waals surface area contributed by atoms with E-state index < -0.39 is 0 Å². The van der Waals surface area contributed by atoms with Crippen molar-refractivity contribution in [2.75, 3.05) is 46.1 Å². The van der Waals surface area contributed by atoms with E-state index in [4.69, 9.17) is 14.2 Å². The van der Waals surface area contributed by atoms with E-state index >= 15 is 0 Å². The minimum absolute atomic E-state index is 0.123.